The largest absolute Gasteiger partial charge is 0.320 e. The molecule has 0 radical (unpaired) electrons. The molecule has 29 heavy (non-hydrogen) atoms. The molecule has 1 N–H and O–H groups in total. The van der Waals surface area contributed by atoms with Crippen molar-refractivity contribution in [1.82, 2.24) is 19.9 Å². The molecule has 6 heteroatoms. The SMILES string of the molecule is CCc1cc2ncc(CN3CC=C(c4ncc(C#N)cc4C)CC3)cc2[nH]c1=O. The monoisotopic (exact) mass is 385 g/mol. The average molecular weight is 385 g/mol. The molecule has 6 nitrogen and oxygen atoms in total. The summed E-state index contributed by atoms with van der Waals surface area (Å²) in [5, 5.41) is 9.01. The molecule has 0 bridgehead atoms. The van der Waals surface area contributed by atoms with E-state index >= 15 is 0 Å². The van der Waals surface area contributed by atoms with Gasteiger partial charge in [0.25, 0.3) is 5.56 Å². The molecule has 3 aromatic heterocycles. The van der Waals surface area contributed by atoms with Crippen molar-refractivity contribution < 1.29 is 0 Å². The fourth-order valence-electron chi connectivity index (χ4n) is 3.82. The summed E-state index contributed by atoms with van der Waals surface area (Å²) >= 11 is 0. The lowest BCUT2D eigenvalue weighted by Gasteiger charge is -2.26. The minimum atomic E-state index is -0.0326. The molecule has 4 heterocycles. The predicted octanol–water partition coefficient (Wildman–Crippen LogP) is 3.35. The lowest BCUT2D eigenvalue weighted by atomic mass is 9.99. The Kier molecular flexibility index (Phi) is 5.24. The first-order valence-corrected chi connectivity index (χ1v) is 9.86. The smallest absolute Gasteiger partial charge is 0.251 e. The zero-order valence-electron chi connectivity index (χ0n) is 16.7. The number of aromatic amines is 1. The van der Waals surface area contributed by atoms with Crippen molar-refractivity contribution in [2.24, 2.45) is 0 Å². The molecule has 0 unspecified atom stereocenters. The van der Waals surface area contributed by atoms with Crippen LogP contribution in [0.15, 0.2) is 41.5 Å². The summed E-state index contributed by atoms with van der Waals surface area (Å²) in [4.78, 5) is 26.4. The molecule has 1 aliphatic rings. The van der Waals surface area contributed by atoms with Gasteiger partial charge in [0, 0.05) is 37.6 Å². The first-order chi connectivity index (χ1) is 14.1. The standard InChI is InChI=1S/C23H23N5O/c1-3-18-10-20-21(27-23(18)29)9-17(13-25-20)14-28-6-4-19(5-7-28)22-15(2)8-16(11-24)12-26-22/h4,8-10,12-13H,3,5-7,14H2,1-2H3,(H,27,29). The van der Waals surface area contributed by atoms with Gasteiger partial charge in [-0.3, -0.25) is 19.7 Å². The van der Waals surface area contributed by atoms with Gasteiger partial charge >= 0.3 is 0 Å². The molecule has 0 aliphatic carbocycles. The van der Waals surface area contributed by atoms with Crippen LogP contribution in [0.1, 0.15) is 41.3 Å². The molecule has 0 amide bonds. The second-order valence-electron chi connectivity index (χ2n) is 7.47. The minimum absolute atomic E-state index is 0.0326. The quantitative estimate of drug-likeness (QED) is 0.744. The van der Waals surface area contributed by atoms with Gasteiger partial charge in [0.1, 0.15) is 6.07 Å². The molecule has 0 saturated heterocycles. The first-order valence-electron chi connectivity index (χ1n) is 9.86. The van der Waals surface area contributed by atoms with E-state index in [4.69, 9.17) is 5.26 Å². The molecule has 0 saturated carbocycles. The van der Waals surface area contributed by atoms with Crippen LogP contribution >= 0.6 is 0 Å². The van der Waals surface area contributed by atoms with Crippen molar-refractivity contribution >= 4 is 16.6 Å². The van der Waals surface area contributed by atoms with Crippen molar-refractivity contribution in [2.45, 2.75) is 33.2 Å². The number of aromatic nitrogens is 3. The third-order valence-corrected chi connectivity index (χ3v) is 5.42. The maximum atomic E-state index is 12.1. The number of pyridine rings is 3. The number of nitrogens with zero attached hydrogens (tertiary/aromatic N) is 4. The van der Waals surface area contributed by atoms with Gasteiger partial charge in [0.2, 0.25) is 0 Å². The lowest BCUT2D eigenvalue weighted by molar-refractivity contribution is 0.293. The molecule has 3 aromatic rings. The van der Waals surface area contributed by atoms with Crippen molar-refractivity contribution in [3.63, 3.8) is 0 Å². The number of rotatable bonds is 4. The second-order valence-corrected chi connectivity index (χ2v) is 7.47. The molecule has 0 fully saturated rings. The predicted molar refractivity (Wildman–Crippen MR) is 113 cm³/mol. The van der Waals surface area contributed by atoms with E-state index in [1.54, 1.807) is 6.20 Å². The number of H-pyrrole nitrogens is 1. The summed E-state index contributed by atoms with van der Waals surface area (Å²) in [6, 6.07) is 7.92. The fraction of sp³-hybridized carbons (Fsp3) is 0.304. The topological polar surface area (TPSA) is 85.7 Å². The number of aryl methyl sites for hydroxylation is 2. The summed E-state index contributed by atoms with van der Waals surface area (Å²) in [5.41, 5.74) is 7.28. The Hall–Kier alpha value is -3.30. The van der Waals surface area contributed by atoms with E-state index in [2.05, 4.69) is 32.0 Å². The maximum absolute atomic E-state index is 12.1. The second kappa shape index (κ2) is 7.98. The summed E-state index contributed by atoms with van der Waals surface area (Å²) in [7, 11) is 0. The molecule has 146 valence electrons. The van der Waals surface area contributed by atoms with Gasteiger partial charge in [0.05, 0.1) is 22.3 Å². The molecule has 4 rings (SSSR count). The highest BCUT2D eigenvalue weighted by Crippen LogP contribution is 2.25. The zero-order chi connectivity index (χ0) is 20.4. The Labute approximate surface area is 169 Å². The van der Waals surface area contributed by atoms with Gasteiger partial charge in [-0.15, -0.1) is 0 Å². The van der Waals surface area contributed by atoms with Crippen LogP contribution in [-0.4, -0.2) is 32.9 Å². The molecular weight excluding hydrogens is 362 g/mol. The van der Waals surface area contributed by atoms with Crippen LogP contribution in [-0.2, 0) is 13.0 Å². The van der Waals surface area contributed by atoms with Gasteiger partial charge in [-0.1, -0.05) is 13.0 Å². The van der Waals surface area contributed by atoms with Crippen LogP contribution in [0.4, 0.5) is 0 Å². The first kappa shape index (κ1) is 19.0. The minimum Gasteiger partial charge on any atom is -0.320 e. The average Bonchev–Trinajstić information content (AvgIpc) is 2.74. The molecule has 0 atom stereocenters. The van der Waals surface area contributed by atoms with Crippen molar-refractivity contribution in [3.05, 3.63) is 75.0 Å². The van der Waals surface area contributed by atoms with Crippen molar-refractivity contribution in [3.8, 4) is 6.07 Å². The Morgan fingerprint density at radius 3 is 2.79 bits per heavy atom. The molecule has 0 spiro atoms. The highest BCUT2D eigenvalue weighted by atomic mass is 16.1. The number of nitriles is 1. The number of hydrogen-bond acceptors (Lipinski definition) is 5. The highest BCUT2D eigenvalue weighted by molar-refractivity contribution is 5.75. The van der Waals surface area contributed by atoms with E-state index in [9.17, 15) is 4.79 Å². The van der Waals surface area contributed by atoms with E-state index in [-0.39, 0.29) is 5.56 Å². The maximum Gasteiger partial charge on any atom is 0.251 e. The van der Waals surface area contributed by atoms with E-state index < -0.39 is 0 Å². The third kappa shape index (κ3) is 3.96. The molecule has 0 aromatic carbocycles. The fourth-order valence-corrected chi connectivity index (χ4v) is 3.82. The van der Waals surface area contributed by atoms with Crippen LogP contribution in [0.5, 0.6) is 0 Å². The Bertz CT molecular complexity index is 1200. The van der Waals surface area contributed by atoms with Crippen LogP contribution in [0, 0.1) is 18.3 Å². The Morgan fingerprint density at radius 1 is 1.24 bits per heavy atom. The van der Waals surface area contributed by atoms with Gasteiger partial charge in [-0.25, -0.2) is 0 Å². The third-order valence-electron chi connectivity index (χ3n) is 5.42. The Balaban J connectivity index is 1.49. The van der Waals surface area contributed by atoms with Crippen LogP contribution < -0.4 is 5.56 Å². The van der Waals surface area contributed by atoms with Crippen LogP contribution in [0.2, 0.25) is 0 Å². The van der Waals surface area contributed by atoms with Gasteiger partial charge < -0.3 is 4.98 Å². The summed E-state index contributed by atoms with van der Waals surface area (Å²) < 4.78 is 0. The van der Waals surface area contributed by atoms with E-state index in [0.717, 1.165) is 59.5 Å². The van der Waals surface area contributed by atoms with Crippen LogP contribution in [0.25, 0.3) is 16.6 Å². The summed E-state index contributed by atoms with van der Waals surface area (Å²) in [5.74, 6) is 0. The number of nitrogens with one attached hydrogen (secondary N) is 1. The van der Waals surface area contributed by atoms with E-state index in [1.807, 2.05) is 38.2 Å². The molecular formula is C23H23N5O. The van der Waals surface area contributed by atoms with Crippen molar-refractivity contribution in [2.75, 3.05) is 13.1 Å². The summed E-state index contributed by atoms with van der Waals surface area (Å²) in [6.45, 7) is 6.51. The van der Waals surface area contributed by atoms with Gasteiger partial charge in [-0.05, 0) is 54.7 Å². The van der Waals surface area contributed by atoms with Gasteiger partial charge in [-0.2, -0.15) is 5.26 Å². The van der Waals surface area contributed by atoms with E-state index in [0.29, 0.717) is 12.0 Å². The Morgan fingerprint density at radius 2 is 2.10 bits per heavy atom. The van der Waals surface area contributed by atoms with Crippen LogP contribution in [0.3, 0.4) is 0 Å². The number of hydrogen-bond donors (Lipinski definition) is 1. The van der Waals surface area contributed by atoms with E-state index in [1.165, 1.54) is 5.57 Å². The van der Waals surface area contributed by atoms with Crippen molar-refractivity contribution in [1.29, 1.82) is 5.26 Å². The summed E-state index contributed by atoms with van der Waals surface area (Å²) in [6.07, 6.45) is 7.36. The zero-order valence-corrected chi connectivity index (χ0v) is 16.7. The van der Waals surface area contributed by atoms with Gasteiger partial charge in [0.15, 0.2) is 0 Å². The highest BCUT2D eigenvalue weighted by Gasteiger charge is 2.16. The normalized spacial score (nSPS) is 14.6. The number of fused-ring (bicyclic) bond motifs is 1. The lowest BCUT2D eigenvalue weighted by Crippen LogP contribution is -2.28. The molecule has 1 aliphatic heterocycles.